The summed E-state index contributed by atoms with van der Waals surface area (Å²) >= 11 is 0. The van der Waals surface area contributed by atoms with Crippen LogP contribution in [0, 0.1) is 25.5 Å². The lowest BCUT2D eigenvalue weighted by Gasteiger charge is -2.22. The van der Waals surface area contributed by atoms with Crippen LogP contribution in [0.1, 0.15) is 40.8 Å². The Morgan fingerprint density at radius 1 is 1.02 bits per heavy atom. The number of carboxylic acid groups (broad SMARTS) is 1. The molecule has 0 fully saturated rings. The van der Waals surface area contributed by atoms with Crippen molar-refractivity contribution in [2.24, 2.45) is 0 Å². The molecule has 2 aromatic heterocycles. The number of nitrogens with zero attached hydrogens (tertiary/aromatic N) is 1. The highest BCUT2D eigenvalue weighted by atomic mass is 19.1. The number of aliphatic carboxylic acids is 1. The normalized spacial score (nSPS) is 14.4. The minimum absolute atomic E-state index is 0.0199. The lowest BCUT2D eigenvalue weighted by Crippen LogP contribution is -2.38. The smallest absolute Gasteiger partial charge is 0.300 e. The van der Waals surface area contributed by atoms with Gasteiger partial charge in [0.15, 0.2) is 5.58 Å². The van der Waals surface area contributed by atoms with E-state index < -0.39 is 35.1 Å². The van der Waals surface area contributed by atoms with Crippen LogP contribution in [-0.4, -0.2) is 21.6 Å². The molecule has 1 aliphatic heterocycles. The highest BCUT2D eigenvalue weighted by molar-refractivity contribution is 5.85. The first-order chi connectivity index (χ1) is 20.5. The van der Waals surface area contributed by atoms with E-state index in [4.69, 9.17) is 19.1 Å². The Labute approximate surface area is 245 Å². The van der Waals surface area contributed by atoms with E-state index in [2.05, 4.69) is 5.32 Å². The number of rotatable bonds is 1. The van der Waals surface area contributed by atoms with Crippen molar-refractivity contribution in [3.8, 4) is 16.9 Å². The third-order valence-corrected chi connectivity index (χ3v) is 7.12. The molecule has 1 aliphatic rings. The summed E-state index contributed by atoms with van der Waals surface area (Å²) in [6.45, 7) is 4.60. The van der Waals surface area contributed by atoms with Gasteiger partial charge in [0.05, 0.1) is 6.26 Å². The summed E-state index contributed by atoms with van der Waals surface area (Å²) in [6.07, 6.45) is 2.81. The maximum absolute atomic E-state index is 15.3. The second-order valence-corrected chi connectivity index (χ2v) is 10.2. The lowest BCUT2D eigenvalue weighted by molar-refractivity contribution is -0.134. The molecule has 8 nitrogen and oxygen atoms in total. The van der Waals surface area contributed by atoms with Crippen LogP contribution >= 0.6 is 0 Å². The number of carbonyl (C=O) groups excluding carboxylic acids is 1. The predicted molar refractivity (Wildman–Crippen MR) is 156 cm³/mol. The van der Waals surface area contributed by atoms with E-state index in [0.717, 1.165) is 28.2 Å². The van der Waals surface area contributed by atoms with E-state index in [0.29, 0.717) is 22.3 Å². The van der Waals surface area contributed by atoms with Gasteiger partial charge in [-0.3, -0.25) is 19.0 Å². The quantitative estimate of drug-likeness (QED) is 0.248. The van der Waals surface area contributed by atoms with Crippen LogP contribution in [0.25, 0.3) is 22.1 Å². The maximum Gasteiger partial charge on any atom is 0.300 e. The maximum atomic E-state index is 15.3. The molecule has 0 spiro atoms. The van der Waals surface area contributed by atoms with Gasteiger partial charge in [0.25, 0.3) is 11.5 Å². The number of benzene rings is 3. The molecule has 0 saturated carbocycles. The topological polar surface area (TPSA) is 111 Å². The van der Waals surface area contributed by atoms with Crippen molar-refractivity contribution < 1.29 is 32.6 Å². The van der Waals surface area contributed by atoms with E-state index in [1.54, 1.807) is 37.3 Å². The van der Waals surface area contributed by atoms with Gasteiger partial charge in [-0.05, 0) is 78.6 Å². The fraction of sp³-hybridized carbons (Fsp3) is 0.182. The molecule has 1 atom stereocenters. The Bertz CT molecular complexity index is 1920. The predicted octanol–water partition coefficient (Wildman–Crippen LogP) is 6.05. The Kier molecular flexibility index (Phi) is 8.11. The molecule has 3 aromatic carbocycles. The zero-order chi connectivity index (χ0) is 30.8. The van der Waals surface area contributed by atoms with Gasteiger partial charge in [-0.25, -0.2) is 8.78 Å². The highest BCUT2D eigenvalue weighted by Crippen LogP contribution is 2.36. The Morgan fingerprint density at radius 3 is 2.56 bits per heavy atom. The van der Waals surface area contributed by atoms with Gasteiger partial charge in [0, 0.05) is 41.7 Å². The van der Waals surface area contributed by atoms with Gasteiger partial charge in [-0.15, -0.1) is 0 Å². The van der Waals surface area contributed by atoms with Gasteiger partial charge >= 0.3 is 0 Å². The molecule has 4 bridgehead atoms. The van der Waals surface area contributed by atoms with Crippen LogP contribution in [-0.2, 0) is 22.7 Å². The SMILES string of the molecule is CC(=O)O.Cc1cc2cc(c1F)CNC(=O)C(n1ccc3ccoc3c1=O)c1cc(ccc1F)COc1cccc(C)c1-2. The number of fused-ring (bicyclic) bond motifs is 7. The van der Waals surface area contributed by atoms with Crippen molar-refractivity contribution in [2.45, 2.75) is 40.0 Å². The van der Waals surface area contributed by atoms with Gasteiger partial charge in [-0.1, -0.05) is 18.2 Å². The third kappa shape index (κ3) is 5.90. The fourth-order valence-corrected chi connectivity index (χ4v) is 5.17. The summed E-state index contributed by atoms with van der Waals surface area (Å²) in [7, 11) is 0. The van der Waals surface area contributed by atoms with Gasteiger partial charge < -0.3 is 19.6 Å². The Morgan fingerprint density at radius 2 is 1.79 bits per heavy atom. The standard InChI is InChI=1S/C31H24F2N2O4.C2H4O2/c1-17-4-3-5-25-26(17)21-12-18(2)27(33)22(14-21)15-34-30(36)28(23-13-19(16-39-25)6-7-24(23)32)35-10-8-20-9-11-38-29(20)31(35)37;1-2(3)4/h3-14,28H,15-16H2,1-2H3,(H,34,36);1H3,(H,3,4). The third-order valence-electron chi connectivity index (χ3n) is 7.12. The van der Waals surface area contributed by atoms with E-state index in [-0.39, 0.29) is 29.9 Å². The molecular weight excluding hydrogens is 558 g/mol. The zero-order valence-electron chi connectivity index (χ0n) is 23.6. The first kappa shape index (κ1) is 29.2. The van der Waals surface area contributed by atoms with Crippen molar-refractivity contribution in [3.63, 3.8) is 0 Å². The molecule has 6 rings (SSSR count). The molecule has 220 valence electrons. The van der Waals surface area contributed by atoms with Crippen LogP contribution in [0.15, 0.2) is 82.3 Å². The summed E-state index contributed by atoms with van der Waals surface area (Å²) < 4.78 is 43.3. The molecule has 0 radical (unpaired) electrons. The molecule has 43 heavy (non-hydrogen) atoms. The van der Waals surface area contributed by atoms with Crippen molar-refractivity contribution in [3.05, 3.63) is 123 Å². The van der Waals surface area contributed by atoms with Crippen molar-refractivity contribution in [2.75, 3.05) is 0 Å². The Hall–Kier alpha value is -5.25. The molecule has 10 heteroatoms. The second-order valence-electron chi connectivity index (χ2n) is 10.2. The van der Waals surface area contributed by atoms with Crippen molar-refractivity contribution in [1.29, 1.82) is 0 Å². The first-order valence-electron chi connectivity index (χ1n) is 13.4. The summed E-state index contributed by atoms with van der Waals surface area (Å²) in [5, 5.41) is 10.7. The molecule has 1 amide bonds. The van der Waals surface area contributed by atoms with E-state index in [9.17, 15) is 9.59 Å². The summed E-state index contributed by atoms with van der Waals surface area (Å²) in [5.74, 6) is -2.04. The number of ether oxygens (including phenoxy) is 1. The number of amides is 1. The lowest BCUT2D eigenvalue weighted by atomic mass is 9.95. The Balaban J connectivity index is 0.000000868. The number of hydrogen-bond donors (Lipinski definition) is 2. The fourth-order valence-electron chi connectivity index (χ4n) is 5.17. The minimum atomic E-state index is -1.38. The number of pyridine rings is 1. The largest absolute Gasteiger partial charge is 0.488 e. The average Bonchev–Trinajstić information content (AvgIpc) is 3.44. The second kappa shape index (κ2) is 11.9. The summed E-state index contributed by atoms with van der Waals surface area (Å²) in [4.78, 5) is 36.0. The van der Waals surface area contributed by atoms with Crippen LogP contribution in [0.5, 0.6) is 5.75 Å². The van der Waals surface area contributed by atoms with Gasteiger partial charge in [0.2, 0.25) is 5.91 Å². The van der Waals surface area contributed by atoms with E-state index >= 15 is 8.78 Å². The number of carboxylic acids is 1. The van der Waals surface area contributed by atoms with E-state index in [1.807, 2.05) is 25.1 Å². The van der Waals surface area contributed by atoms with Crippen LogP contribution in [0.3, 0.4) is 0 Å². The number of carbonyl (C=O) groups is 2. The summed E-state index contributed by atoms with van der Waals surface area (Å²) in [5.41, 5.74) is 3.21. The van der Waals surface area contributed by atoms with Crippen LogP contribution < -0.4 is 15.6 Å². The minimum Gasteiger partial charge on any atom is -0.488 e. The van der Waals surface area contributed by atoms with Crippen molar-refractivity contribution in [1.82, 2.24) is 9.88 Å². The molecule has 1 unspecified atom stereocenters. The van der Waals surface area contributed by atoms with Crippen LogP contribution in [0.4, 0.5) is 8.78 Å². The molecular formula is C33H28F2N2O6. The van der Waals surface area contributed by atoms with Crippen molar-refractivity contribution >= 4 is 22.8 Å². The molecule has 0 aliphatic carbocycles. The number of furan rings is 1. The molecule has 3 heterocycles. The zero-order valence-corrected chi connectivity index (χ0v) is 23.6. The monoisotopic (exact) mass is 586 g/mol. The number of aryl methyl sites for hydroxylation is 2. The number of aromatic nitrogens is 1. The summed E-state index contributed by atoms with van der Waals surface area (Å²) in [6, 6.07) is 15.3. The number of hydrogen-bond acceptors (Lipinski definition) is 5. The van der Waals surface area contributed by atoms with E-state index in [1.165, 1.54) is 24.6 Å². The first-order valence-corrected chi connectivity index (χ1v) is 13.4. The molecule has 2 N–H and O–H groups in total. The van der Waals surface area contributed by atoms with Gasteiger partial charge in [0.1, 0.15) is 30.0 Å². The molecule has 0 saturated heterocycles. The van der Waals surface area contributed by atoms with Crippen LogP contribution in [0.2, 0.25) is 0 Å². The number of nitrogens with one attached hydrogen (secondary N) is 1. The highest BCUT2D eigenvalue weighted by Gasteiger charge is 2.29. The molecule has 5 aromatic rings. The number of halogens is 2. The average molecular weight is 587 g/mol. The van der Waals surface area contributed by atoms with Gasteiger partial charge in [-0.2, -0.15) is 0 Å².